The molecular formula is C14H25N3S. The maximum Gasteiger partial charge on any atom is 0.138 e. The van der Waals surface area contributed by atoms with Gasteiger partial charge in [0.05, 0.1) is 11.4 Å². The molecule has 0 aliphatic carbocycles. The normalized spacial score (nSPS) is 11.2. The zero-order valence-electron chi connectivity index (χ0n) is 12.0. The van der Waals surface area contributed by atoms with Crippen LogP contribution >= 0.6 is 11.8 Å². The molecule has 3 nitrogen and oxygen atoms in total. The molecular weight excluding hydrogens is 242 g/mol. The summed E-state index contributed by atoms with van der Waals surface area (Å²) in [5.41, 5.74) is 2.43. The topological polar surface area (TPSA) is 37.8 Å². The molecule has 0 bridgehead atoms. The molecule has 0 saturated carbocycles. The van der Waals surface area contributed by atoms with Gasteiger partial charge in [-0.25, -0.2) is 9.97 Å². The number of nitrogens with zero attached hydrogens (tertiary/aromatic N) is 2. The fourth-order valence-corrected chi connectivity index (χ4v) is 2.49. The molecule has 0 amide bonds. The van der Waals surface area contributed by atoms with Gasteiger partial charge in [-0.2, -0.15) is 11.8 Å². The van der Waals surface area contributed by atoms with Crippen molar-refractivity contribution in [3.63, 3.8) is 0 Å². The number of hydrogen-bond acceptors (Lipinski definition) is 4. The molecule has 0 radical (unpaired) electrons. The average molecular weight is 267 g/mol. The van der Waals surface area contributed by atoms with Crippen LogP contribution in [0.5, 0.6) is 0 Å². The van der Waals surface area contributed by atoms with Gasteiger partial charge in [-0.05, 0) is 24.6 Å². The molecule has 0 saturated heterocycles. The number of thioether (sulfide) groups is 1. The predicted octanol–water partition coefficient (Wildman–Crippen LogP) is 3.35. The van der Waals surface area contributed by atoms with Gasteiger partial charge in [-0.3, -0.25) is 0 Å². The van der Waals surface area contributed by atoms with Crippen molar-refractivity contribution >= 4 is 11.8 Å². The lowest BCUT2D eigenvalue weighted by molar-refractivity contribution is 0.689. The predicted molar refractivity (Wildman–Crippen MR) is 80.0 cm³/mol. The summed E-state index contributed by atoms with van der Waals surface area (Å²) in [6, 6.07) is 0. The zero-order valence-corrected chi connectivity index (χ0v) is 12.8. The SMILES string of the molecule is CCCSCc1ncc(CNCC)c(C(C)C)n1. The lowest BCUT2D eigenvalue weighted by atomic mass is 10.1. The van der Waals surface area contributed by atoms with Crippen molar-refractivity contribution < 1.29 is 0 Å². The molecule has 0 unspecified atom stereocenters. The molecule has 1 heterocycles. The van der Waals surface area contributed by atoms with E-state index in [0.717, 1.165) is 24.7 Å². The summed E-state index contributed by atoms with van der Waals surface area (Å²) in [6.45, 7) is 10.6. The van der Waals surface area contributed by atoms with E-state index in [1.165, 1.54) is 23.4 Å². The van der Waals surface area contributed by atoms with Crippen LogP contribution in [-0.4, -0.2) is 22.3 Å². The minimum Gasteiger partial charge on any atom is -0.313 e. The first-order chi connectivity index (χ1) is 8.69. The highest BCUT2D eigenvalue weighted by Crippen LogP contribution is 2.18. The van der Waals surface area contributed by atoms with E-state index in [2.05, 4.69) is 38.0 Å². The van der Waals surface area contributed by atoms with Crippen molar-refractivity contribution in [3.8, 4) is 0 Å². The molecule has 4 heteroatoms. The quantitative estimate of drug-likeness (QED) is 0.733. The van der Waals surface area contributed by atoms with Crippen molar-refractivity contribution in [1.29, 1.82) is 0 Å². The van der Waals surface area contributed by atoms with E-state index in [1.54, 1.807) is 0 Å². The van der Waals surface area contributed by atoms with E-state index in [1.807, 2.05) is 18.0 Å². The minimum absolute atomic E-state index is 0.455. The molecule has 0 aliphatic rings. The molecule has 1 N–H and O–H groups in total. The first-order valence-electron chi connectivity index (χ1n) is 6.82. The van der Waals surface area contributed by atoms with Crippen molar-refractivity contribution in [2.75, 3.05) is 12.3 Å². The van der Waals surface area contributed by atoms with Crippen molar-refractivity contribution in [2.24, 2.45) is 0 Å². The van der Waals surface area contributed by atoms with Crippen LogP contribution in [0.15, 0.2) is 6.20 Å². The fraction of sp³-hybridized carbons (Fsp3) is 0.714. The highest BCUT2D eigenvalue weighted by molar-refractivity contribution is 7.98. The van der Waals surface area contributed by atoms with E-state index >= 15 is 0 Å². The Balaban J connectivity index is 2.75. The van der Waals surface area contributed by atoms with Gasteiger partial charge in [0.25, 0.3) is 0 Å². The molecule has 1 rings (SSSR count). The van der Waals surface area contributed by atoms with Crippen LogP contribution < -0.4 is 5.32 Å². The Morgan fingerprint density at radius 1 is 1.33 bits per heavy atom. The van der Waals surface area contributed by atoms with E-state index in [4.69, 9.17) is 4.98 Å². The molecule has 102 valence electrons. The van der Waals surface area contributed by atoms with Crippen LogP contribution in [0, 0.1) is 0 Å². The lowest BCUT2D eigenvalue weighted by Gasteiger charge is -2.13. The zero-order chi connectivity index (χ0) is 13.4. The van der Waals surface area contributed by atoms with Gasteiger partial charge >= 0.3 is 0 Å². The smallest absolute Gasteiger partial charge is 0.138 e. The second-order valence-corrected chi connectivity index (χ2v) is 5.79. The molecule has 18 heavy (non-hydrogen) atoms. The lowest BCUT2D eigenvalue weighted by Crippen LogP contribution is -2.15. The van der Waals surface area contributed by atoms with Gasteiger partial charge in [0.1, 0.15) is 5.82 Å². The van der Waals surface area contributed by atoms with Crippen molar-refractivity contribution in [1.82, 2.24) is 15.3 Å². The van der Waals surface area contributed by atoms with E-state index in [-0.39, 0.29) is 0 Å². The largest absolute Gasteiger partial charge is 0.313 e. The first kappa shape index (κ1) is 15.4. The van der Waals surface area contributed by atoms with Gasteiger partial charge in [0.15, 0.2) is 0 Å². The molecule has 0 fully saturated rings. The Kier molecular flexibility index (Phi) is 7.28. The summed E-state index contributed by atoms with van der Waals surface area (Å²) < 4.78 is 0. The number of aromatic nitrogens is 2. The van der Waals surface area contributed by atoms with Crippen LogP contribution in [0.25, 0.3) is 0 Å². The number of nitrogens with one attached hydrogen (secondary N) is 1. The van der Waals surface area contributed by atoms with Crippen LogP contribution in [-0.2, 0) is 12.3 Å². The standard InChI is InChI=1S/C14H25N3S/c1-5-7-18-10-13-16-9-12(8-15-6-2)14(17-13)11(3)4/h9,11,15H,5-8,10H2,1-4H3. The van der Waals surface area contributed by atoms with Gasteiger partial charge in [0.2, 0.25) is 0 Å². The third kappa shape index (κ3) is 4.94. The van der Waals surface area contributed by atoms with Crippen LogP contribution in [0.4, 0.5) is 0 Å². The van der Waals surface area contributed by atoms with Gasteiger partial charge in [-0.1, -0.05) is 27.7 Å². The summed E-state index contributed by atoms with van der Waals surface area (Å²) in [7, 11) is 0. The van der Waals surface area contributed by atoms with Gasteiger partial charge in [0, 0.05) is 18.3 Å². The van der Waals surface area contributed by atoms with E-state index in [9.17, 15) is 0 Å². The Bertz CT molecular complexity index is 353. The highest BCUT2D eigenvalue weighted by atomic mass is 32.2. The maximum absolute atomic E-state index is 4.72. The fourth-order valence-electron chi connectivity index (χ4n) is 1.73. The Morgan fingerprint density at radius 3 is 2.72 bits per heavy atom. The monoisotopic (exact) mass is 267 g/mol. The van der Waals surface area contributed by atoms with Gasteiger partial charge in [-0.15, -0.1) is 0 Å². The second-order valence-electron chi connectivity index (χ2n) is 4.68. The molecule has 1 aromatic rings. The number of rotatable bonds is 8. The Labute approximate surface area is 115 Å². The third-order valence-corrected chi connectivity index (χ3v) is 3.80. The Hall–Kier alpha value is -0.610. The molecule has 0 atom stereocenters. The second kappa shape index (κ2) is 8.48. The van der Waals surface area contributed by atoms with Crippen LogP contribution in [0.3, 0.4) is 0 Å². The molecule has 1 aromatic heterocycles. The van der Waals surface area contributed by atoms with Crippen molar-refractivity contribution in [2.45, 2.75) is 52.3 Å². The van der Waals surface area contributed by atoms with Gasteiger partial charge < -0.3 is 5.32 Å². The third-order valence-electron chi connectivity index (χ3n) is 2.64. The first-order valence-corrected chi connectivity index (χ1v) is 7.97. The molecule has 0 spiro atoms. The molecule has 0 aliphatic heterocycles. The van der Waals surface area contributed by atoms with Crippen LogP contribution in [0.2, 0.25) is 0 Å². The summed E-state index contributed by atoms with van der Waals surface area (Å²) in [5.74, 6) is 3.53. The maximum atomic E-state index is 4.72. The van der Waals surface area contributed by atoms with Crippen molar-refractivity contribution in [3.05, 3.63) is 23.3 Å². The highest BCUT2D eigenvalue weighted by Gasteiger charge is 2.10. The summed E-state index contributed by atoms with van der Waals surface area (Å²) >= 11 is 1.91. The Morgan fingerprint density at radius 2 is 2.11 bits per heavy atom. The van der Waals surface area contributed by atoms with E-state index < -0.39 is 0 Å². The summed E-state index contributed by atoms with van der Waals surface area (Å²) in [5, 5.41) is 3.35. The summed E-state index contributed by atoms with van der Waals surface area (Å²) in [4.78, 5) is 9.20. The van der Waals surface area contributed by atoms with E-state index in [0.29, 0.717) is 5.92 Å². The van der Waals surface area contributed by atoms with Crippen LogP contribution in [0.1, 0.15) is 57.1 Å². The number of hydrogen-bond donors (Lipinski definition) is 1. The minimum atomic E-state index is 0.455. The molecule has 0 aromatic carbocycles. The summed E-state index contributed by atoms with van der Waals surface area (Å²) in [6.07, 6.45) is 3.20. The average Bonchev–Trinajstić information content (AvgIpc) is 2.37.